The number of hydrogen-bond donors (Lipinski definition) is 1. The van der Waals surface area contributed by atoms with Gasteiger partial charge in [0.1, 0.15) is 5.60 Å². The van der Waals surface area contributed by atoms with Gasteiger partial charge in [-0.2, -0.15) is 0 Å². The molecule has 2 heterocycles. The maximum atomic E-state index is 12.5. The highest BCUT2D eigenvalue weighted by Gasteiger charge is 2.28. The second kappa shape index (κ2) is 7.30. The third-order valence-corrected chi connectivity index (χ3v) is 5.01. The van der Waals surface area contributed by atoms with E-state index in [0.717, 1.165) is 46.9 Å². The van der Waals surface area contributed by atoms with Gasteiger partial charge in [-0.1, -0.05) is 36.4 Å². The number of pyridine rings is 1. The van der Waals surface area contributed by atoms with E-state index in [1.165, 1.54) is 0 Å². The topological polar surface area (TPSA) is 54.5 Å². The van der Waals surface area contributed by atoms with E-state index in [0.29, 0.717) is 6.54 Å². The molecule has 1 N–H and O–H groups in total. The molecule has 3 aromatic rings. The largest absolute Gasteiger partial charge is 0.444 e. The normalized spacial score (nSPS) is 17.7. The van der Waals surface area contributed by atoms with Gasteiger partial charge in [-0.3, -0.25) is 0 Å². The van der Waals surface area contributed by atoms with Gasteiger partial charge in [-0.15, -0.1) is 0 Å². The molecule has 0 radical (unpaired) electrons. The molecule has 1 atom stereocenters. The fraction of sp³-hybridized carbons (Fsp3) is 0.391. The number of carbonyl (C=O) groups is 1. The van der Waals surface area contributed by atoms with Crippen molar-refractivity contribution in [2.45, 2.75) is 45.3 Å². The van der Waals surface area contributed by atoms with Gasteiger partial charge in [0.15, 0.2) is 0 Å². The molecule has 2 aromatic carbocycles. The van der Waals surface area contributed by atoms with Crippen molar-refractivity contribution in [2.24, 2.45) is 0 Å². The van der Waals surface area contributed by atoms with E-state index < -0.39 is 5.60 Å². The molecule has 28 heavy (non-hydrogen) atoms. The number of anilines is 1. The van der Waals surface area contributed by atoms with Crippen molar-refractivity contribution < 1.29 is 9.53 Å². The number of likely N-dealkylation sites (tertiary alicyclic amines) is 1. The molecular weight excluding hydrogens is 350 g/mol. The summed E-state index contributed by atoms with van der Waals surface area (Å²) < 4.78 is 5.57. The number of aromatic nitrogens is 1. The predicted octanol–water partition coefficient (Wildman–Crippen LogP) is 5.20. The third kappa shape index (κ3) is 3.88. The second-order valence-corrected chi connectivity index (χ2v) is 8.43. The van der Waals surface area contributed by atoms with Crippen LogP contribution < -0.4 is 5.32 Å². The summed E-state index contributed by atoms with van der Waals surface area (Å²) in [5.74, 6) is 0. The molecule has 0 spiro atoms. The SMILES string of the molecule is CC(C)(C)OC(=O)N1CCCC(Nc2c3ccccc3nc3ccccc23)C1. The second-order valence-electron chi connectivity index (χ2n) is 8.43. The number of benzene rings is 2. The number of hydrogen-bond acceptors (Lipinski definition) is 4. The van der Waals surface area contributed by atoms with Crippen LogP contribution in [-0.4, -0.2) is 40.7 Å². The average molecular weight is 377 g/mol. The number of carbonyl (C=O) groups excluding carboxylic acids is 1. The number of para-hydroxylation sites is 2. The Hall–Kier alpha value is -2.82. The van der Waals surface area contributed by atoms with Crippen molar-refractivity contribution in [3.63, 3.8) is 0 Å². The molecule has 1 fully saturated rings. The maximum Gasteiger partial charge on any atom is 0.410 e. The van der Waals surface area contributed by atoms with Gasteiger partial charge in [-0.05, 0) is 45.7 Å². The number of piperidine rings is 1. The Morgan fingerprint density at radius 3 is 2.29 bits per heavy atom. The first-order valence-electron chi connectivity index (χ1n) is 9.93. The minimum Gasteiger partial charge on any atom is -0.444 e. The van der Waals surface area contributed by atoms with Crippen molar-refractivity contribution in [3.8, 4) is 0 Å². The predicted molar refractivity (Wildman–Crippen MR) is 114 cm³/mol. The lowest BCUT2D eigenvalue weighted by molar-refractivity contribution is 0.0206. The minimum atomic E-state index is -0.477. The third-order valence-electron chi connectivity index (χ3n) is 5.01. The fourth-order valence-corrected chi connectivity index (χ4v) is 3.79. The van der Waals surface area contributed by atoms with Gasteiger partial charge < -0.3 is 15.0 Å². The molecule has 5 heteroatoms. The summed E-state index contributed by atoms with van der Waals surface area (Å²) in [5.41, 5.74) is 2.57. The van der Waals surface area contributed by atoms with E-state index in [1.54, 1.807) is 0 Å². The lowest BCUT2D eigenvalue weighted by Crippen LogP contribution is -2.47. The van der Waals surface area contributed by atoms with Gasteiger partial charge in [0, 0.05) is 29.9 Å². The van der Waals surface area contributed by atoms with Crippen LogP contribution in [0.5, 0.6) is 0 Å². The highest BCUT2D eigenvalue weighted by Crippen LogP contribution is 2.32. The highest BCUT2D eigenvalue weighted by atomic mass is 16.6. The molecule has 146 valence electrons. The summed E-state index contributed by atoms with van der Waals surface area (Å²) in [5, 5.41) is 5.94. The first-order chi connectivity index (χ1) is 13.4. The smallest absolute Gasteiger partial charge is 0.410 e. The molecule has 1 unspecified atom stereocenters. The molecule has 1 amide bonds. The Bertz CT molecular complexity index is 956. The summed E-state index contributed by atoms with van der Waals surface area (Å²) in [7, 11) is 0. The zero-order valence-electron chi connectivity index (χ0n) is 16.7. The number of fused-ring (bicyclic) bond motifs is 2. The molecule has 0 saturated carbocycles. The van der Waals surface area contributed by atoms with Crippen LogP contribution in [0.3, 0.4) is 0 Å². The molecule has 0 bridgehead atoms. The van der Waals surface area contributed by atoms with Gasteiger partial charge in [-0.25, -0.2) is 9.78 Å². The lowest BCUT2D eigenvalue weighted by Gasteiger charge is -2.35. The maximum absolute atomic E-state index is 12.5. The fourth-order valence-electron chi connectivity index (χ4n) is 3.79. The summed E-state index contributed by atoms with van der Waals surface area (Å²) in [6, 6.07) is 16.6. The van der Waals surface area contributed by atoms with E-state index in [2.05, 4.69) is 17.4 Å². The van der Waals surface area contributed by atoms with Crippen LogP contribution >= 0.6 is 0 Å². The molecule has 1 aromatic heterocycles. The van der Waals surface area contributed by atoms with Gasteiger partial charge >= 0.3 is 6.09 Å². The molecular formula is C23H27N3O2. The van der Waals surface area contributed by atoms with Crippen molar-refractivity contribution in [1.29, 1.82) is 0 Å². The number of rotatable bonds is 2. The Morgan fingerprint density at radius 2 is 1.68 bits per heavy atom. The van der Waals surface area contributed by atoms with Crippen LogP contribution in [0.25, 0.3) is 21.8 Å². The molecule has 1 aliphatic rings. The number of nitrogens with one attached hydrogen (secondary N) is 1. The van der Waals surface area contributed by atoms with Gasteiger partial charge in [0.2, 0.25) is 0 Å². The summed E-state index contributed by atoms with van der Waals surface area (Å²) in [6.45, 7) is 7.09. The molecule has 5 nitrogen and oxygen atoms in total. The zero-order valence-corrected chi connectivity index (χ0v) is 16.7. The van der Waals surface area contributed by atoms with Crippen molar-refractivity contribution in [1.82, 2.24) is 9.88 Å². The van der Waals surface area contributed by atoms with E-state index >= 15 is 0 Å². The molecule has 1 saturated heterocycles. The first kappa shape index (κ1) is 18.5. The Morgan fingerprint density at radius 1 is 1.07 bits per heavy atom. The number of ether oxygens (including phenoxy) is 1. The first-order valence-corrected chi connectivity index (χ1v) is 9.93. The summed E-state index contributed by atoms with van der Waals surface area (Å²) in [4.78, 5) is 19.1. The van der Waals surface area contributed by atoms with E-state index in [9.17, 15) is 4.79 Å². The standard InChI is InChI=1S/C23H27N3O2/c1-23(2,3)28-22(27)26-14-8-9-16(15-26)24-21-17-10-4-6-12-19(17)25-20-13-7-5-11-18(20)21/h4-7,10-13,16H,8-9,14-15H2,1-3H3,(H,24,25). The quantitative estimate of drug-likeness (QED) is 0.624. The van der Waals surface area contributed by atoms with Crippen LogP contribution in [0.2, 0.25) is 0 Å². The summed E-state index contributed by atoms with van der Waals surface area (Å²) >= 11 is 0. The van der Waals surface area contributed by atoms with Crippen LogP contribution in [-0.2, 0) is 4.74 Å². The number of nitrogens with zero attached hydrogens (tertiary/aromatic N) is 2. The number of amides is 1. The Labute approximate surface area is 165 Å². The van der Waals surface area contributed by atoms with Crippen molar-refractivity contribution in [2.75, 3.05) is 18.4 Å². The van der Waals surface area contributed by atoms with Crippen molar-refractivity contribution in [3.05, 3.63) is 48.5 Å². The van der Waals surface area contributed by atoms with Crippen LogP contribution in [0.1, 0.15) is 33.6 Å². The molecule has 1 aliphatic heterocycles. The van der Waals surface area contributed by atoms with Crippen LogP contribution in [0.15, 0.2) is 48.5 Å². The van der Waals surface area contributed by atoms with Gasteiger partial charge in [0.05, 0.1) is 16.7 Å². The van der Waals surface area contributed by atoms with E-state index in [-0.39, 0.29) is 12.1 Å². The van der Waals surface area contributed by atoms with Crippen LogP contribution in [0, 0.1) is 0 Å². The average Bonchev–Trinajstić information content (AvgIpc) is 2.67. The van der Waals surface area contributed by atoms with Gasteiger partial charge in [0.25, 0.3) is 0 Å². The Balaban J connectivity index is 1.63. The Kier molecular flexibility index (Phi) is 4.84. The monoisotopic (exact) mass is 377 g/mol. The summed E-state index contributed by atoms with van der Waals surface area (Å²) in [6.07, 6.45) is 1.74. The molecule has 4 rings (SSSR count). The lowest BCUT2D eigenvalue weighted by atomic mass is 10.0. The minimum absolute atomic E-state index is 0.176. The van der Waals surface area contributed by atoms with Crippen LogP contribution in [0.4, 0.5) is 10.5 Å². The molecule has 0 aliphatic carbocycles. The van der Waals surface area contributed by atoms with Crippen molar-refractivity contribution >= 4 is 33.6 Å². The zero-order chi connectivity index (χ0) is 19.7. The van der Waals surface area contributed by atoms with E-state index in [4.69, 9.17) is 9.72 Å². The highest BCUT2D eigenvalue weighted by molar-refractivity contribution is 6.07. The van der Waals surface area contributed by atoms with E-state index in [1.807, 2.05) is 62.1 Å².